The maximum Gasteiger partial charge on any atom is 0.233 e. The Labute approximate surface area is 208 Å². The first kappa shape index (κ1) is 24.8. The van der Waals surface area contributed by atoms with Crippen LogP contribution in [0.1, 0.15) is 44.0 Å². The molecule has 0 spiro atoms. The number of carbonyl (C=O) groups excluding carboxylic acids is 2. The van der Waals surface area contributed by atoms with Crippen molar-refractivity contribution in [1.82, 2.24) is 29.5 Å². The molecule has 4 rings (SSSR count). The molecule has 0 N–H and O–H groups in total. The normalized spacial score (nSPS) is 14.1. The average molecular weight is 497 g/mol. The number of nitrogens with zero attached hydrogens (tertiary/aromatic N) is 6. The molecule has 0 bridgehead atoms. The summed E-state index contributed by atoms with van der Waals surface area (Å²) in [5.74, 6) is 0.524. The molecule has 0 atom stereocenters. The highest BCUT2D eigenvalue weighted by Crippen LogP contribution is 2.24. The van der Waals surface area contributed by atoms with Crippen molar-refractivity contribution in [2.24, 2.45) is 0 Å². The van der Waals surface area contributed by atoms with Gasteiger partial charge in [-0.05, 0) is 49.6 Å². The fourth-order valence-corrected chi connectivity index (χ4v) is 4.94. The second-order valence-electron chi connectivity index (χ2n) is 8.40. The minimum absolute atomic E-state index is 0.0771. The van der Waals surface area contributed by atoms with Crippen molar-refractivity contribution in [2.75, 3.05) is 18.8 Å². The average Bonchev–Trinajstić information content (AvgIpc) is 3.16. The van der Waals surface area contributed by atoms with E-state index in [9.17, 15) is 14.0 Å². The first-order chi connectivity index (χ1) is 17.0. The van der Waals surface area contributed by atoms with Gasteiger partial charge in [-0.1, -0.05) is 30.3 Å². The van der Waals surface area contributed by atoms with Gasteiger partial charge in [-0.15, -0.1) is 10.2 Å². The van der Waals surface area contributed by atoms with E-state index in [-0.39, 0.29) is 23.4 Å². The van der Waals surface area contributed by atoms with Gasteiger partial charge in [0.05, 0.1) is 24.2 Å². The van der Waals surface area contributed by atoms with Crippen molar-refractivity contribution in [3.63, 3.8) is 0 Å². The summed E-state index contributed by atoms with van der Waals surface area (Å²) in [5.41, 5.74) is 1.52. The van der Waals surface area contributed by atoms with Gasteiger partial charge in [-0.3, -0.25) is 19.1 Å². The first-order valence-electron chi connectivity index (χ1n) is 11.8. The molecule has 35 heavy (non-hydrogen) atoms. The second kappa shape index (κ2) is 11.9. The molecule has 0 unspecified atom stereocenters. The quantitative estimate of drug-likeness (QED) is 0.419. The number of benzene rings is 1. The highest BCUT2D eigenvalue weighted by atomic mass is 32.2. The Bertz CT molecular complexity index is 1160. The van der Waals surface area contributed by atoms with E-state index in [1.807, 2.05) is 34.6 Å². The van der Waals surface area contributed by atoms with Gasteiger partial charge in [0, 0.05) is 32.3 Å². The molecule has 1 aliphatic heterocycles. The van der Waals surface area contributed by atoms with Crippen LogP contribution in [0, 0.1) is 5.82 Å². The van der Waals surface area contributed by atoms with Crippen LogP contribution in [-0.2, 0) is 22.7 Å². The van der Waals surface area contributed by atoms with Crippen molar-refractivity contribution < 1.29 is 14.0 Å². The molecule has 1 saturated heterocycles. The van der Waals surface area contributed by atoms with Crippen LogP contribution in [0.4, 0.5) is 4.39 Å². The number of rotatable bonds is 9. The third kappa shape index (κ3) is 6.45. The first-order valence-corrected chi connectivity index (χ1v) is 12.8. The largest absolute Gasteiger partial charge is 0.338 e. The number of amides is 2. The van der Waals surface area contributed by atoms with Crippen molar-refractivity contribution in [3.8, 4) is 5.69 Å². The number of thioether (sulfide) groups is 1. The number of aromatic nitrogens is 4. The number of carbonyl (C=O) groups is 2. The Hall–Kier alpha value is -3.27. The molecule has 1 aliphatic rings. The van der Waals surface area contributed by atoms with Crippen LogP contribution >= 0.6 is 11.8 Å². The van der Waals surface area contributed by atoms with Gasteiger partial charge >= 0.3 is 0 Å². The van der Waals surface area contributed by atoms with Gasteiger partial charge in [0.1, 0.15) is 5.82 Å². The number of hydrogen-bond acceptors (Lipinski definition) is 6. The Morgan fingerprint density at radius 2 is 2.06 bits per heavy atom. The lowest BCUT2D eigenvalue weighted by atomic mass is 10.2. The van der Waals surface area contributed by atoms with E-state index in [4.69, 9.17) is 0 Å². The zero-order chi connectivity index (χ0) is 24.6. The number of pyridine rings is 1. The summed E-state index contributed by atoms with van der Waals surface area (Å²) in [6.07, 6.45) is 6.89. The van der Waals surface area contributed by atoms with Crippen LogP contribution in [0.25, 0.3) is 5.69 Å². The molecular weight excluding hydrogens is 467 g/mol. The fraction of sp³-hybridized carbons (Fsp3) is 0.400. The SMILES string of the molecule is CCN(Cc1cccc(F)c1)C(=O)CSc1nnc(CN2CCCCCC2=O)n1-c1cccnc1. The van der Waals surface area contributed by atoms with Crippen molar-refractivity contribution in [3.05, 3.63) is 66.0 Å². The Morgan fingerprint density at radius 3 is 2.83 bits per heavy atom. The van der Waals surface area contributed by atoms with Gasteiger partial charge in [0.15, 0.2) is 11.0 Å². The molecule has 3 heterocycles. The monoisotopic (exact) mass is 496 g/mol. The summed E-state index contributed by atoms with van der Waals surface area (Å²) >= 11 is 1.29. The van der Waals surface area contributed by atoms with E-state index in [1.54, 1.807) is 23.4 Å². The van der Waals surface area contributed by atoms with Crippen LogP contribution in [0.15, 0.2) is 53.9 Å². The van der Waals surface area contributed by atoms with Crippen molar-refractivity contribution >= 4 is 23.6 Å². The molecule has 3 aromatic rings. The van der Waals surface area contributed by atoms with E-state index in [0.717, 1.165) is 30.5 Å². The molecule has 8 nitrogen and oxygen atoms in total. The minimum Gasteiger partial charge on any atom is -0.338 e. The zero-order valence-electron chi connectivity index (χ0n) is 19.8. The smallest absolute Gasteiger partial charge is 0.233 e. The summed E-state index contributed by atoms with van der Waals surface area (Å²) in [7, 11) is 0. The summed E-state index contributed by atoms with van der Waals surface area (Å²) in [4.78, 5) is 33.3. The van der Waals surface area contributed by atoms with Gasteiger partial charge < -0.3 is 9.80 Å². The van der Waals surface area contributed by atoms with Crippen molar-refractivity contribution in [1.29, 1.82) is 0 Å². The highest BCUT2D eigenvalue weighted by molar-refractivity contribution is 7.99. The molecule has 0 radical (unpaired) electrons. The molecule has 0 aliphatic carbocycles. The lowest BCUT2D eigenvalue weighted by Crippen LogP contribution is -2.32. The Morgan fingerprint density at radius 1 is 1.17 bits per heavy atom. The predicted molar refractivity (Wildman–Crippen MR) is 131 cm³/mol. The predicted octanol–water partition coefficient (Wildman–Crippen LogP) is 3.84. The Kier molecular flexibility index (Phi) is 8.46. The standard InChI is InChI=1S/C25H29FN6O2S/c1-2-30(16-19-8-6-9-20(26)14-19)24(34)18-35-25-29-28-22(32(25)21-10-7-12-27-15-21)17-31-13-5-3-4-11-23(31)33/h6-10,12,14-15H,2-5,11,13,16-18H2,1H3. The van der Waals surface area contributed by atoms with Gasteiger partial charge in [0.2, 0.25) is 11.8 Å². The third-order valence-electron chi connectivity index (χ3n) is 5.93. The summed E-state index contributed by atoms with van der Waals surface area (Å²) < 4.78 is 15.4. The number of hydrogen-bond donors (Lipinski definition) is 0. The summed E-state index contributed by atoms with van der Waals surface area (Å²) in [5, 5.41) is 9.29. The summed E-state index contributed by atoms with van der Waals surface area (Å²) in [6.45, 7) is 3.80. The summed E-state index contributed by atoms with van der Waals surface area (Å²) in [6, 6.07) is 10.0. The number of likely N-dealkylation sites (tertiary alicyclic amines) is 1. The molecule has 1 fully saturated rings. The van der Waals surface area contributed by atoms with E-state index in [0.29, 0.717) is 43.6 Å². The van der Waals surface area contributed by atoms with E-state index < -0.39 is 0 Å². The molecular formula is C25H29FN6O2S. The van der Waals surface area contributed by atoms with Gasteiger partial charge in [-0.25, -0.2) is 4.39 Å². The van der Waals surface area contributed by atoms with E-state index in [2.05, 4.69) is 15.2 Å². The molecule has 2 amide bonds. The minimum atomic E-state index is -0.319. The maximum absolute atomic E-state index is 13.6. The molecule has 184 valence electrons. The number of halogens is 1. The lowest BCUT2D eigenvalue weighted by Gasteiger charge is -2.21. The van der Waals surface area contributed by atoms with Crippen molar-refractivity contribution in [2.45, 2.75) is 50.9 Å². The zero-order valence-corrected chi connectivity index (χ0v) is 20.6. The molecule has 10 heteroatoms. The Balaban J connectivity index is 1.50. The van der Waals surface area contributed by atoms with E-state index in [1.165, 1.54) is 23.9 Å². The fourth-order valence-electron chi connectivity index (χ4n) is 4.07. The van der Waals surface area contributed by atoms with Gasteiger partial charge in [-0.2, -0.15) is 0 Å². The maximum atomic E-state index is 13.6. The van der Waals surface area contributed by atoms with Crippen LogP contribution in [-0.4, -0.2) is 60.2 Å². The third-order valence-corrected chi connectivity index (χ3v) is 6.84. The van der Waals surface area contributed by atoms with Crippen LogP contribution in [0.5, 0.6) is 0 Å². The lowest BCUT2D eigenvalue weighted by molar-refractivity contribution is -0.131. The second-order valence-corrected chi connectivity index (χ2v) is 9.34. The molecule has 0 saturated carbocycles. The molecule has 1 aromatic carbocycles. The van der Waals surface area contributed by atoms with E-state index >= 15 is 0 Å². The van der Waals surface area contributed by atoms with Gasteiger partial charge in [0.25, 0.3) is 0 Å². The van der Waals surface area contributed by atoms with Crippen LogP contribution < -0.4 is 0 Å². The van der Waals surface area contributed by atoms with Crippen LogP contribution in [0.2, 0.25) is 0 Å². The van der Waals surface area contributed by atoms with Crippen LogP contribution in [0.3, 0.4) is 0 Å². The highest BCUT2D eigenvalue weighted by Gasteiger charge is 2.23. The topological polar surface area (TPSA) is 84.2 Å². The molecule has 2 aromatic heterocycles.